The molecule has 0 aliphatic heterocycles. The fourth-order valence-electron chi connectivity index (χ4n) is 2.17. The molecule has 0 saturated heterocycles. The Morgan fingerprint density at radius 1 is 1.35 bits per heavy atom. The zero-order chi connectivity index (χ0) is 14.9. The Labute approximate surface area is 129 Å². The van der Waals surface area contributed by atoms with Crippen molar-refractivity contribution in [2.24, 2.45) is 7.05 Å². The predicted octanol–water partition coefficient (Wildman–Crippen LogP) is 4.38. The van der Waals surface area contributed by atoms with Crippen LogP contribution in [0, 0.1) is 18.3 Å². The van der Waals surface area contributed by atoms with Crippen molar-refractivity contribution in [3.05, 3.63) is 57.9 Å². The molecule has 0 bridgehead atoms. The molecule has 2 nitrogen and oxygen atoms in total. The van der Waals surface area contributed by atoms with E-state index in [1.807, 2.05) is 55.8 Å². The molecule has 1 unspecified atom stereocenters. The third-order valence-corrected chi connectivity index (χ3v) is 4.11. The molecule has 2 rings (SSSR count). The van der Waals surface area contributed by atoms with Gasteiger partial charge in [-0.05, 0) is 25.5 Å². The van der Waals surface area contributed by atoms with Gasteiger partial charge in [-0.3, -0.25) is 0 Å². The summed E-state index contributed by atoms with van der Waals surface area (Å²) in [5.41, 5.74) is 3.82. The highest BCUT2D eigenvalue weighted by molar-refractivity contribution is 7.81. The summed E-state index contributed by atoms with van der Waals surface area (Å²) in [6, 6.07) is 12.1. The smallest absolute Gasteiger partial charge is 0.0837 e. The van der Waals surface area contributed by atoms with Crippen LogP contribution in [0.5, 0.6) is 0 Å². The minimum Gasteiger partial charge on any atom is -0.344 e. The van der Waals surface area contributed by atoms with Gasteiger partial charge in [0.05, 0.1) is 27.6 Å². The maximum absolute atomic E-state index is 9.06. The van der Waals surface area contributed by atoms with Crippen LogP contribution in [0.3, 0.4) is 0 Å². The first-order valence-electron chi connectivity index (χ1n) is 6.31. The Kier molecular flexibility index (Phi) is 4.27. The van der Waals surface area contributed by atoms with Gasteiger partial charge in [-0.25, -0.2) is 0 Å². The van der Waals surface area contributed by atoms with E-state index in [0.717, 1.165) is 17.0 Å². The van der Waals surface area contributed by atoms with Crippen molar-refractivity contribution in [1.82, 2.24) is 4.57 Å². The molecule has 2 aromatic rings. The fraction of sp³-hybridized carbons (Fsp3) is 0.250. The van der Waals surface area contributed by atoms with Crippen molar-refractivity contribution in [1.29, 1.82) is 5.26 Å². The van der Waals surface area contributed by atoms with Crippen LogP contribution in [0.4, 0.5) is 0 Å². The molecular formula is C16H15ClN2S. The van der Waals surface area contributed by atoms with Crippen LogP contribution in [0.2, 0.25) is 5.02 Å². The summed E-state index contributed by atoms with van der Waals surface area (Å²) in [7, 11) is 1.89. The highest BCUT2D eigenvalue weighted by atomic mass is 35.5. The quantitative estimate of drug-likeness (QED) is 0.622. The second-order valence-corrected chi connectivity index (χ2v) is 5.69. The summed E-state index contributed by atoms with van der Waals surface area (Å²) in [4.78, 5) is 0.703. The Hall–Kier alpha value is -1.63. The molecule has 1 heterocycles. The highest BCUT2D eigenvalue weighted by Gasteiger charge is 2.19. The van der Waals surface area contributed by atoms with Crippen LogP contribution < -0.4 is 0 Å². The van der Waals surface area contributed by atoms with Gasteiger partial charge in [-0.1, -0.05) is 53.6 Å². The molecule has 0 spiro atoms. The number of aryl methyl sites for hydroxylation is 1. The summed E-state index contributed by atoms with van der Waals surface area (Å²) in [6.07, 6.45) is 0. The number of halogens is 1. The number of nitrogens with zero attached hydrogens (tertiary/aromatic N) is 2. The second-order valence-electron chi connectivity index (χ2n) is 4.87. The molecule has 1 aromatic heterocycles. The van der Waals surface area contributed by atoms with Gasteiger partial charge in [0.25, 0.3) is 0 Å². The summed E-state index contributed by atoms with van der Waals surface area (Å²) in [6.45, 7) is 3.89. The molecule has 20 heavy (non-hydrogen) atoms. The molecule has 0 radical (unpaired) electrons. The van der Waals surface area contributed by atoms with Crippen molar-refractivity contribution in [3.63, 3.8) is 0 Å². The second kappa shape index (κ2) is 5.78. The Bertz CT molecular complexity index is 693. The van der Waals surface area contributed by atoms with E-state index in [1.165, 1.54) is 5.56 Å². The van der Waals surface area contributed by atoms with Gasteiger partial charge in [-0.2, -0.15) is 5.26 Å². The Morgan fingerprint density at radius 2 is 1.95 bits per heavy atom. The molecule has 0 aliphatic rings. The highest BCUT2D eigenvalue weighted by Crippen LogP contribution is 2.28. The average molecular weight is 303 g/mol. The minimum absolute atomic E-state index is 0.216. The minimum atomic E-state index is -0.216. The monoisotopic (exact) mass is 302 g/mol. The third-order valence-electron chi connectivity index (χ3n) is 3.39. The molecule has 0 saturated carbocycles. The number of nitriles is 1. The van der Waals surface area contributed by atoms with E-state index >= 15 is 0 Å². The van der Waals surface area contributed by atoms with Gasteiger partial charge in [0.2, 0.25) is 0 Å². The molecule has 1 atom stereocenters. The first-order chi connectivity index (χ1) is 9.45. The summed E-state index contributed by atoms with van der Waals surface area (Å²) >= 11 is 11.9. The van der Waals surface area contributed by atoms with E-state index in [4.69, 9.17) is 29.1 Å². The van der Waals surface area contributed by atoms with Crippen LogP contribution in [0.15, 0.2) is 30.3 Å². The first kappa shape index (κ1) is 14.8. The van der Waals surface area contributed by atoms with Crippen molar-refractivity contribution in [3.8, 4) is 6.07 Å². The predicted molar refractivity (Wildman–Crippen MR) is 86.4 cm³/mol. The normalized spacial score (nSPS) is 11.9. The number of rotatable bonds is 3. The lowest BCUT2D eigenvalue weighted by Gasteiger charge is -2.10. The van der Waals surface area contributed by atoms with E-state index < -0.39 is 0 Å². The molecule has 102 valence electrons. The van der Waals surface area contributed by atoms with Gasteiger partial charge in [-0.15, -0.1) is 0 Å². The van der Waals surface area contributed by atoms with Crippen molar-refractivity contribution >= 4 is 28.7 Å². The lowest BCUT2D eigenvalue weighted by molar-refractivity contribution is 0.789. The SMILES string of the molecule is Cc1ccc(C(=S)c2c(Cl)cc(C(C)C#N)n2C)cc1. The van der Waals surface area contributed by atoms with Gasteiger partial charge in [0.15, 0.2) is 0 Å². The van der Waals surface area contributed by atoms with Crippen LogP contribution in [0.25, 0.3) is 0 Å². The summed E-state index contributed by atoms with van der Waals surface area (Å²) in [5, 5.41) is 9.65. The lowest BCUT2D eigenvalue weighted by atomic mass is 10.1. The van der Waals surface area contributed by atoms with Crippen molar-refractivity contribution in [2.75, 3.05) is 0 Å². The van der Waals surface area contributed by atoms with Crippen LogP contribution >= 0.6 is 23.8 Å². The number of benzene rings is 1. The molecule has 0 fully saturated rings. The molecular weight excluding hydrogens is 288 g/mol. The molecule has 0 aliphatic carbocycles. The zero-order valence-corrected chi connectivity index (χ0v) is 13.2. The van der Waals surface area contributed by atoms with Gasteiger partial charge >= 0.3 is 0 Å². The standard InChI is InChI=1S/C16H15ClN2S/c1-10-4-6-12(7-5-10)16(20)15-13(17)8-14(19(15)3)11(2)9-18/h4-8,11H,1-3H3. The summed E-state index contributed by atoms with van der Waals surface area (Å²) < 4.78 is 1.92. The number of thiocarbonyl (C=S) groups is 1. The Balaban J connectivity index is 2.48. The van der Waals surface area contributed by atoms with Crippen molar-refractivity contribution in [2.45, 2.75) is 19.8 Å². The molecule has 4 heteroatoms. The Morgan fingerprint density at radius 3 is 2.50 bits per heavy atom. The average Bonchev–Trinajstić information content (AvgIpc) is 2.73. The topological polar surface area (TPSA) is 28.7 Å². The summed E-state index contributed by atoms with van der Waals surface area (Å²) in [5.74, 6) is -0.216. The lowest BCUT2D eigenvalue weighted by Crippen LogP contribution is -2.09. The number of aromatic nitrogens is 1. The van der Waals surface area contributed by atoms with Crippen molar-refractivity contribution < 1.29 is 0 Å². The van der Waals surface area contributed by atoms with E-state index in [-0.39, 0.29) is 5.92 Å². The van der Waals surface area contributed by atoms with Crippen LogP contribution in [-0.4, -0.2) is 9.43 Å². The number of hydrogen-bond acceptors (Lipinski definition) is 2. The largest absolute Gasteiger partial charge is 0.344 e. The third kappa shape index (κ3) is 2.63. The molecule has 1 aromatic carbocycles. The fourth-order valence-corrected chi connectivity index (χ4v) is 2.94. The van der Waals surface area contributed by atoms with E-state index in [2.05, 4.69) is 6.07 Å². The molecule has 0 N–H and O–H groups in total. The van der Waals surface area contributed by atoms with Gasteiger partial charge in [0, 0.05) is 12.7 Å². The van der Waals surface area contributed by atoms with E-state index in [1.54, 1.807) is 0 Å². The maximum atomic E-state index is 9.06. The van der Waals surface area contributed by atoms with Gasteiger partial charge < -0.3 is 4.57 Å². The first-order valence-corrected chi connectivity index (χ1v) is 7.10. The zero-order valence-electron chi connectivity index (χ0n) is 11.6. The number of hydrogen-bond donors (Lipinski definition) is 0. The van der Waals surface area contributed by atoms with Crippen LogP contribution in [0.1, 0.15) is 35.4 Å². The van der Waals surface area contributed by atoms with E-state index in [9.17, 15) is 0 Å². The van der Waals surface area contributed by atoms with Gasteiger partial charge in [0.1, 0.15) is 0 Å². The van der Waals surface area contributed by atoms with E-state index in [0.29, 0.717) is 9.89 Å². The molecule has 0 amide bonds. The van der Waals surface area contributed by atoms with Crippen LogP contribution in [-0.2, 0) is 7.05 Å². The maximum Gasteiger partial charge on any atom is 0.0837 e.